The van der Waals surface area contributed by atoms with Crippen molar-refractivity contribution in [3.63, 3.8) is 0 Å². The van der Waals surface area contributed by atoms with E-state index in [1.165, 1.54) is 6.92 Å². The van der Waals surface area contributed by atoms with Crippen molar-refractivity contribution < 1.29 is 9.90 Å². The van der Waals surface area contributed by atoms with Crippen LogP contribution in [0.1, 0.15) is 18.5 Å². The highest BCUT2D eigenvalue weighted by Crippen LogP contribution is 2.08. The highest BCUT2D eigenvalue weighted by atomic mass is 16.4. The molecule has 0 amide bonds. The van der Waals surface area contributed by atoms with Gasteiger partial charge in [0.2, 0.25) is 5.95 Å². The fraction of sp³-hybridized carbons (Fsp3) is 0.222. The minimum absolute atomic E-state index is 0.101. The molecule has 4 N–H and O–H groups in total. The van der Waals surface area contributed by atoms with Gasteiger partial charge in [-0.2, -0.15) is 4.98 Å². The van der Waals surface area contributed by atoms with Crippen molar-refractivity contribution in [2.45, 2.75) is 12.8 Å². The molecule has 0 radical (unpaired) electrons. The Kier molecular flexibility index (Phi) is 2.58. The fourth-order valence-corrected chi connectivity index (χ4v) is 1.42. The quantitative estimate of drug-likeness (QED) is 0.528. The van der Waals surface area contributed by atoms with Gasteiger partial charge in [-0.3, -0.25) is 14.6 Å². The third kappa shape index (κ3) is 1.81. The standard InChI is InChI=1S/C9H9N5O4/c1-2(8(17)18)3-6(15)12-5-4(11-3)7(16)14-9(10)13-5/h2H,1H3,(H,17,18)(H4,10,12,13,14,15,16)/p-1. The molecule has 18 heavy (non-hydrogen) atoms. The first kappa shape index (κ1) is 11.8. The Morgan fingerprint density at radius 2 is 1.94 bits per heavy atom. The number of rotatable bonds is 2. The molecule has 9 heteroatoms. The lowest BCUT2D eigenvalue weighted by Gasteiger charge is -2.10. The van der Waals surface area contributed by atoms with Crippen LogP contribution < -0.4 is 22.0 Å². The summed E-state index contributed by atoms with van der Waals surface area (Å²) < 4.78 is 0. The maximum absolute atomic E-state index is 11.6. The van der Waals surface area contributed by atoms with Crippen molar-refractivity contribution in [3.8, 4) is 0 Å². The SMILES string of the molecule is CC(C(=O)[O-])c1nc2c(=O)[nH]c(N)nc2[nH]c1=O. The predicted octanol–water partition coefficient (Wildman–Crippen LogP) is -2.56. The molecule has 2 aromatic heterocycles. The van der Waals surface area contributed by atoms with E-state index in [0.29, 0.717) is 0 Å². The van der Waals surface area contributed by atoms with Crippen LogP contribution in [-0.2, 0) is 4.79 Å². The van der Waals surface area contributed by atoms with Gasteiger partial charge in [-0.25, -0.2) is 4.98 Å². The molecule has 0 saturated heterocycles. The number of nitrogens with one attached hydrogen (secondary N) is 2. The number of carbonyl (C=O) groups excluding carboxylic acids is 1. The number of nitrogen functional groups attached to an aromatic ring is 1. The van der Waals surface area contributed by atoms with E-state index in [1.807, 2.05) is 0 Å². The second-order valence-corrected chi connectivity index (χ2v) is 3.64. The number of aromatic amines is 2. The number of nitrogens with zero attached hydrogens (tertiary/aromatic N) is 2. The van der Waals surface area contributed by atoms with Gasteiger partial charge in [-0.05, 0) is 0 Å². The van der Waals surface area contributed by atoms with Crippen molar-refractivity contribution in [3.05, 3.63) is 26.4 Å². The van der Waals surface area contributed by atoms with Gasteiger partial charge in [-0.15, -0.1) is 0 Å². The molecule has 0 aliphatic rings. The smallest absolute Gasteiger partial charge is 0.280 e. The Morgan fingerprint density at radius 3 is 2.56 bits per heavy atom. The number of nitrogens with two attached hydrogens (primary N) is 1. The molecule has 1 unspecified atom stereocenters. The van der Waals surface area contributed by atoms with Crippen LogP contribution in [0.25, 0.3) is 11.2 Å². The van der Waals surface area contributed by atoms with Crippen molar-refractivity contribution >= 4 is 23.1 Å². The van der Waals surface area contributed by atoms with Crippen LogP contribution in [-0.4, -0.2) is 25.9 Å². The normalized spacial score (nSPS) is 12.5. The Hall–Kier alpha value is -2.71. The van der Waals surface area contributed by atoms with Gasteiger partial charge < -0.3 is 20.6 Å². The van der Waals surface area contributed by atoms with E-state index in [1.54, 1.807) is 0 Å². The topological polar surface area (TPSA) is 158 Å². The molecule has 0 bridgehead atoms. The van der Waals surface area contributed by atoms with Gasteiger partial charge in [0.25, 0.3) is 11.1 Å². The molecule has 2 heterocycles. The van der Waals surface area contributed by atoms with Crippen LogP contribution in [0.3, 0.4) is 0 Å². The zero-order chi connectivity index (χ0) is 13.4. The van der Waals surface area contributed by atoms with E-state index in [0.717, 1.165) is 0 Å². The summed E-state index contributed by atoms with van der Waals surface area (Å²) in [6.45, 7) is 1.23. The van der Waals surface area contributed by atoms with E-state index in [9.17, 15) is 19.5 Å². The summed E-state index contributed by atoms with van der Waals surface area (Å²) in [6.07, 6.45) is 0. The number of aliphatic carboxylic acids is 1. The average molecular weight is 250 g/mol. The molecule has 0 aliphatic heterocycles. The maximum Gasteiger partial charge on any atom is 0.280 e. The number of H-pyrrole nitrogens is 2. The van der Waals surface area contributed by atoms with Crippen molar-refractivity contribution in [2.75, 3.05) is 5.73 Å². The van der Waals surface area contributed by atoms with E-state index in [2.05, 4.69) is 19.9 Å². The Balaban J connectivity index is 2.81. The largest absolute Gasteiger partial charge is 0.549 e. The molecule has 2 aromatic rings. The third-order valence-electron chi connectivity index (χ3n) is 2.37. The van der Waals surface area contributed by atoms with Crippen LogP contribution in [0.5, 0.6) is 0 Å². The molecule has 0 fully saturated rings. The van der Waals surface area contributed by atoms with Crippen LogP contribution in [0, 0.1) is 0 Å². The number of carboxylic acids is 1. The van der Waals surface area contributed by atoms with Crippen molar-refractivity contribution in [1.29, 1.82) is 0 Å². The molecule has 9 nitrogen and oxygen atoms in total. The number of fused-ring (bicyclic) bond motifs is 1. The van der Waals surface area contributed by atoms with Crippen LogP contribution in [0.4, 0.5) is 5.95 Å². The van der Waals surface area contributed by atoms with Crippen LogP contribution >= 0.6 is 0 Å². The molecule has 94 valence electrons. The Morgan fingerprint density at radius 1 is 1.28 bits per heavy atom. The molecular weight excluding hydrogens is 242 g/mol. The second kappa shape index (κ2) is 3.95. The number of carboxylic acid groups (broad SMARTS) is 1. The summed E-state index contributed by atoms with van der Waals surface area (Å²) in [5.74, 6) is -2.88. The lowest BCUT2D eigenvalue weighted by Crippen LogP contribution is -2.33. The molecule has 0 saturated carbocycles. The van der Waals surface area contributed by atoms with E-state index in [-0.39, 0.29) is 22.8 Å². The Bertz CT molecular complexity index is 747. The molecule has 0 spiro atoms. The predicted molar refractivity (Wildman–Crippen MR) is 58.6 cm³/mol. The minimum atomic E-state index is -1.47. The van der Waals surface area contributed by atoms with Gasteiger partial charge in [0.05, 0.1) is 5.97 Å². The second-order valence-electron chi connectivity index (χ2n) is 3.64. The zero-order valence-electron chi connectivity index (χ0n) is 9.18. The monoisotopic (exact) mass is 250 g/mol. The van der Waals surface area contributed by atoms with Crippen LogP contribution in [0.2, 0.25) is 0 Å². The first-order valence-electron chi connectivity index (χ1n) is 4.90. The van der Waals surface area contributed by atoms with E-state index in [4.69, 9.17) is 5.73 Å². The van der Waals surface area contributed by atoms with E-state index < -0.39 is 23.0 Å². The highest BCUT2D eigenvalue weighted by Gasteiger charge is 2.16. The summed E-state index contributed by atoms with van der Waals surface area (Å²) in [5.41, 5.74) is 3.27. The molecular formula is C9H8N5O4-. The Labute approximate surface area is 98.7 Å². The summed E-state index contributed by atoms with van der Waals surface area (Å²) in [7, 11) is 0. The number of aromatic nitrogens is 4. The first-order chi connectivity index (χ1) is 8.40. The summed E-state index contributed by atoms with van der Waals surface area (Å²) >= 11 is 0. The van der Waals surface area contributed by atoms with E-state index >= 15 is 0 Å². The fourth-order valence-electron chi connectivity index (χ4n) is 1.42. The molecule has 2 rings (SSSR count). The maximum atomic E-state index is 11.6. The third-order valence-corrected chi connectivity index (χ3v) is 2.37. The molecule has 0 aromatic carbocycles. The molecule has 1 atom stereocenters. The van der Waals surface area contributed by atoms with Gasteiger partial charge >= 0.3 is 0 Å². The zero-order valence-corrected chi connectivity index (χ0v) is 9.18. The average Bonchev–Trinajstić information content (AvgIpc) is 2.26. The van der Waals surface area contributed by atoms with Crippen LogP contribution in [0.15, 0.2) is 9.59 Å². The van der Waals surface area contributed by atoms with Crippen molar-refractivity contribution in [1.82, 2.24) is 19.9 Å². The first-order valence-corrected chi connectivity index (χ1v) is 4.90. The van der Waals surface area contributed by atoms with Gasteiger partial charge in [-0.1, -0.05) is 6.92 Å². The number of anilines is 1. The van der Waals surface area contributed by atoms with Gasteiger partial charge in [0, 0.05) is 5.92 Å². The lowest BCUT2D eigenvalue weighted by atomic mass is 10.1. The number of carbonyl (C=O) groups is 1. The van der Waals surface area contributed by atoms with Gasteiger partial charge in [0.1, 0.15) is 5.69 Å². The highest BCUT2D eigenvalue weighted by molar-refractivity contribution is 5.74. The minimum Gasteiger partial charge on any atom is -0.549 e. The number of hydrogen-bond donors (Lipinski definition) is 3. The summed E-state index contributed by atoms with van der Waals surface area (Å²) in [5, 5.41) is 10.7. The summed E-state index contributed by atoms with van der Waals surface area (Å²) in [6, 6.07) is 0. The number of hydrogen-bond acceptors (Lipinski definition) is 7. The van der Waals surface area contributed by atoms with Gasteiger partial charge in [0.15, 0.2) is 11.2 Å². The van der Waals surface area contributed by atoms with Crippen molar-refractivity contribution in [2.24, 2.45) is 0 Å². The molecule has 0 aliphatic carbocycles. The lowest BCUT2D eigenvalue weighted by molar-refractivity contribution is -0.307. The summed E-state index contributed by atoms with van der Waals surface area (Å²) in [4.78, 5) is 45.7.